The molecule has 0 radical (unpaired) electrons. The van der Waals surface area contributed by atoms with Gasteiger partial charge in [0.05, 0.1) is 17.7 Å². The van der Waals surface area contributed by atoms with Gasteiger partial charge in [-0.25, -0.2) is 15.0 Å². The highest BCUT2D eigenvalue weighted by Crippen LogP contribution is 2.18. The Balaban J connectivity index is 1.70. The number of rotatable bonds is 3. The van der Waals surface area contributed by atoms with Crippen molar-refractivity contribution in [1.82, 2.24) is 20.3 Å². The topological polar surface area (TPSA) is 91.2 Å². The number of aryl methyl sites for hydroxylation is 2. The SMILES string of the molecule is Cc1cc(C)nc(N2C[C@@H](O)[C@H](NC(=O)c3cscn3)C2)n1. The van der Waals surface area contributed by atoms with Gasteiger partial charge in [0.25, 0.3) is 5.91 Å². The van der Waals surface area contributed by atoms with Crippen LogP contribution < -0.4 is 10.2 Å². The maximum Gasteiger partial charge on any atom is 0.271 e. The maximum absolute atomic E-state index is 12.0. The van der Waals surface area contributed by atoms with Gasteiger partial charge in [-0.15, -0.1) is 11.3 Å². The number of aliphatic hydroxyl groups excluding tert-OH is 1. The normalized spacial score (nSPS) is 21.1. The van der Waals surface area contributed by atoms with Crippen LogP contribution in [0.3, 0.4) is 0 Å². The lowest BCUT2D eigenvalue weighted by Gasteiger charge is -2.17. The van der Waals surface area contributed by atoms with E-state index < -0.39 is 6.10 Å². The maximum atomic E-state index is 12.0. The van der Waals surface area contributed by atoms with E-state index >= 15 is 0 Å². The van der Waals surface area contributed by atoms with Crippen LogP contribution in [0.5, 0.6) is 0 Å². The largest absolute Gasteiger partial charge is 0.389 e. The second kappa shape index (κ2) is 5.98. The van der Waals surface area contributed by atoms with Gasteiger partial charge >= 0.3 is 0 Å². The second-order valence-corrected chi connectivity index (χ2v) is 6.10. The average Bonchev–Trinajstić information content (AvgIpc) is 3.08. The van der Waals surface area contributed by atoms with Gasteiger partial charge in [-0.1, -0.05) is 0 Å². The number of β-amino-alcohol motifs (C(OH)–C–C–N with tert-alkyl or cyclic N) is 1. The van der Waals surface area contributed by atoms with Crippen molar-refractivity contribution in [1.29, 1.82) is 0 Å². The predicted molar refractivity (Wildman–Crippen MR) is 83.1 cm³/mol. The first-order valence-electron chi connectivity index (χ1n) is 6.97. The van der Waals surface area contributed by atoms with Crippen LogP contribution in [-0.2, 0) is 0 Å². The number of nitrogens with one attached hydrogen (secondary N) is 1. The molecule has 2 N–H and O–H groups in total. The Kier molecular flexibility index (Phi) is 4.04. The highest BCUT2D eigenvalue weighted by atomic mass is 32.1. The van der Waals surface area contributed by atoms with Gasteiger partial charge in [-0.3, -0.25) is 4.79 Å². The van der Waals surface area contributed by atoms with E-state index in [2.05, 4.69) is 20.3 Å². The number of anilines is 1. The van der Waals surface area contributed by atoms with E-state index in [4.69, 9.17) is 0 Å². The summed E-state index contributed by atoms with van der Waals surface area (Å²) in [6.07, 6.45) is -0.660. The summed E-state index contributed by atoms with van der Waals surface area (Å²) in [5.41, 5.74) is 3.74. The average molecular weight is 319 g/mol. The Labute approximate surface area is 132 Å². The van der Waals surface area contributed by atoms with Gasteiger partial charge in [-0.05, 0) is 19.9 Å². The van der Waals surface area contributed by atoms with E-state index in [0.29, 0.717) is 24.7 Å². The minimum Gasteiger partial charge on any atom is -0.389 e. The highest BCUT2D eigenvalue weighted by Gasteiger charge is 2.34. The lowest BCUT2D eigenvalue weighted by Crippen LogP contribution is -2.43. The first-order chi connectivity index (χ1) is 10.5. The standard InChI is InChI=1S/C14H17N5O2S/c1-8-3-9(2)17-14(16-8)19-4-10(12(20)5-19)18-13(21)11-6-22-7-15-11/h3,6-7,10,12,20H,4-5H2,1-2H3,(H,18,21)/t10-,12-/m1/s1. The smallest absolute Gasteiger partial charge is 0.271 e. The number of nitrogens with zero attached hydrogens (tertiary/aromatic N) is 4. The van der Waals surface area contributed by atoms with Crippen LogP contribution in [0.1, 0.15) is 21.9 Å². The summed E-state index contributed by atoms with van der Waals surface area (Å²) < 4.78 is 0. The molecule has 7 nitrogen and oxygen atoms in total. The van der Waals surface area contributed by atoms with Crippen molar-refractivity contribution in [3.63, 3.8) is 0 Å². The molecule has 2 atom stereocenters. The summed E-state index contributed by atoms with van der Waals surface area (Å²) in [5, 5.41) is 14.7. The Hall–Kier alpha value is -2.06. The predicted octanol–water partition coefficient (Wildman–Crippen LogP) is 0.529. The van der Waals surface area contributed by atoms with Gasteiger partial charge in [0.2, 0.25) is 5.95 Å². The van der Waals surface area contributed by atoms with Crippen molar-refractivity contribution >= 4 is 23.2 Å². The molecule has 1 saturated heterocycles. The molecule has 116 valence electrons. The fourth-order valence-corrected chi connectivity index (χ4v) is 3.04. The number of aromatic nitrogens is 3. The van der Waals surface area contributed by atoms with Crippen molar-refractivity contribution in [3.05, 3.63) is 34.0 Å². The number of carbonyl (C=O) groups is 1. The number of hydrogen-bond acceptors (Lipinski definition) is 7. The first kappa shape index (κ1) is 14.9. The molecular formula is C14H17N5O2S. The molecule has 1 fully saturated rings. The zero-order valence-corrected chi connectivity index (χ0v) is 13.2. The van der Waals surface area contributed by atoms with Crippen LogP contribution in [0.25, 0.3) is 0 Å². The molecule has 0 saturated carbocycles. The van der Waals surface area contributed by atoms with E-state index in [1.807, 2.05) is 24.8 Å². The van der Waals surface area contributed by atoms with Crippen LogP contribution in [-0.4, -0.2) is 51.2 Å². The molecule has 1 aliphatic heterocycles. The summed E-state index contributed by atoms with van der Waals surface area (Å²) in [7, 11) is 0. The molecule has 0 spiro atoms. The van der Waals surface area contributed by atoms with Crippen molar-refractivity contribution in [3.8, 4) is 0 Å². The minimum absolute atomic E-state index is 0.270. The zero-order valence-electron chi connectivity index (χ0n) is 12.4. The lowest BCUT2D eigenvalue weighted by molar-refractivity contribution is 0.0884. The molecule has 0 aromatic carbocycles. The summed E-state index contributed by atoms with van der Waals surface area (Å²) >= 11 is 1.36. The molecule has 2 aromatic rings. The molecule has 2 aromatic heterocycles. The van der Waals surface area contributed by atoms with Crippen molar-refractivity contribution in [2.24, 2.45) is 0 Å². The fraction of sp³-hybridized carbons (Fsp3) is 0.429. The molecule has 3 rings (SSSR count). The van der Waals surface area contributed by atoms with Crippen LogP contribution in [0.2, 0.25) is 0 Å². The molecule has 1 aliphatic rings. The van der Waals surface area contributed by atoms with E-state index in [0.717, 1.165) is 11.4 Å². The highest BCUT2D eigenvalue weighted by molar-refractivity contribution is 7.07. The van der Waals surface area contributed by atoms with Crippen molar-refractivity contribution in [2.75, 3.05) is 18.0 Å². The number of thiazole rings is 1. The Morgan fingerprint density at radius 2 is 2.09 bits per heavy atom. The monoisotopic (exact) mass is 319 g/mol. The number of carbonyl (C=O) groups excluding carboxylic acids is 1. The molecule has 1 amide bonds. The van der Waals surface area contributed by atoms with Crippen LogP contribution in [0, 0.1) is 13.8 Å². The third-order valence-electron chi connectivity index (χ3n) is 3.52. The van der Waals surface area contributed by atoms with E-state index in [9.17, 15) is 9.90 Å². The summed E-state index contributed by atoms with van der Waals surface area (Å²) in [6, 6.07) is 1.54. The van der Waals surface area contributed by atoms with Gasteiger partial charge in [0.15, 0.2) is 0 Å². The van der Waals surface area contributed by atoms with E-state index in [1.165, 1.54) is 11.3 Å². The van der Waals surface area contributed by atoms with Crippen LogP contribution in [0.15, 0.2) is 17.0 Å². The Bertz CT molecular complexity index is 656. The van der Waals surface area contributed by atoms with Gasteiger partial charge in [0, 0.05) is 29.9 Å². The zero-order chi connectivity index (χ0) is 15.7. The fourth-order valence-electron chi connectivity index (χ4n) is 2.51. The Morgan fingerprint density at radius 1 is 1.36 bits per heavy atom. The van der Waals surface area contributed by atoms with Crippen molar-refractivity contribution < 1.29 is 9.90 Å². The third-order valence-corrected chi connectivity index (χ3v) is 4.11. The molecule has 3 heterocycles. The van der Waals surface area contributed by atoms with Gasteiger partial charge in [-0.2, -0.15) is 0 Å². The van der Waals surface area contributed by atoms with E-state index in [-0.39, 0.29) is 11.9 Å². The minimum atomic E-state index is -0.660. The number of amides is 1. The summed E-state index contributed by atoms with van der Waals surface area (Å²) in [6.45, 7) is 4.68. The number of aliphatic hydroxyl groups is 1. The second-order valence-electron chi connectivity index (χ2n) is 5.38. The van der Waals surface area contributed by atoms with Gasteiger partial charge in [0.1, 0.15) is 5.69 Å². The molecule has 0 bridgehead atoms. The van der Waals surface area contributed by atoms with Gasteiger partial charge < -0.3 is 15.3 Å². The van der Waals surface area contributed by atoms with E-state index in [1.54, 1.807) is 10.9 Å². The summed E-state index contributed by atoms with van der Waals surface area (Å²) in [4.78, 5) is 26.7. The quantitative estimate of drug-likeness (QED) is 0.857. The molecule has 0 unspecified atom stereocenters. The molecule has 0 aliphatic carbocycles. The van der Waals surface area contributed by atoms with Crippen molar-refractivity contribution in [2.45, 2.75) is 26.0 Å². The third kappa shape index (κ3) is 3.07. The number of hydrogen-bond donors (Lipinski definition) is 2. The summed E-state index contributed by atoms with van der Waals surface area (Å²) in [5.74, 6) is 0.315. The van der Waals surface area contributed by atoms with Crippen LogP contribution in [0.4, 0.5) is 5.95 Å². The lowest BCUT2D eigenvalue weighted by atomic mass is 10.2. The molecule has 22 heavy (non-hydrogen) atoms. The van der Waals surface area contributed by atoms with Crippen LogP contribution >= 0.6 is 11.3 Å². The Morgan fingerprint density at radius 3 is 2.73 bits per heavy atom. The molecular weight excluding hydrogens is 302 g/mol. The molecule has 8 heteroatoms. The first-order valence-corrected chi connectivity index (χ1v) is 7.91.